The maximum Gasteiger partial charge on any atom is 0.235 e. The second-order valence-electron chi connectivity index (χ2n) is 6.03. The molecule has 0 radical (unpaired) electrons. The van der Waals surface area contributed by atoms with E-state index in [4.69, 9.17) is 10.5 Å². The van der Waals surface area contributed by atoms with Crippen molar-refractivity contribution in [2.45, 2.75) is 63.8 Å². The van der Waals surface area contributed by atoms with E-state index in [1.54, 1.807) is 0 Å². The highest BCUT2D eigenvalue weighted by Gasteiger charge is 2.35. The molecular weight excluding hydrogens is 242 g/mol. The number of nitrogens with one attached hydrogen (secondary N) is 1. The molecule has 0 aromatic carbocycles. The Bertz CT molecular complexity index is 307. The number of carbonyl (C=O) groups is 1. The molecule has 3 unspecified atom stereocenters. The molecule has 3 N–H and O–H groups in total. The number of nitrogens with zero attached hydrogens (tertiary/aromatic N) is 1. The highest BCUT2D eigenvalue weighted by Crippen LogP contribution is 2.28. The number of hydrogen-bond acceptors (Lipinski definition) is 4. The van der Waals surface area contributed by atoms with Gasteiger partial charge >= 0.3 is 0 Å². The van der Waals surface area contributed by atoms with Gasteiger partial charge in [-0.05, 0) is 12.8 Å². The van der Waals surface area contributed by atoms with E-state index in [2.05, 4.69) is 10.2 Å². The van der Waals surface area contributed by atoms with E-state index in [0.29, 0.717) is 18.7 Å². The van der Waals surface area contributed by atoms with Crippen LogP contribution in [0, 0.1) is 0 Å². The van der Waals surface area contributed by atoms with Crippen LogP contribution in [0.4, 0.5) is 0 Å². The molecule has 19 heavy (non-hydrogen) atoms. The SMILES string of the molecule is CC(C)NC(CN1CCOC2CCCCC21)C(N)=O. The highest BCUT2D eigenvalue weighted by molar-refractivity contribution is 5.80. The van der Waals surface area contributed by atoms with Crippen molar-refractivity contribution < 1.29 is 9.53 Å². The third-order valence-corrected chi connectivity index (χ3v) is 4.14. The molecule has 1 heterocycles. The Hall–Kier alpha value is -0.650. The first kappa shape index (κ1) is 14.8. The van der Waals surface area contributed by atoms with Crippen molar-refractivity contribution >= 4 is 5.91 Å². The number of carbonyl (C=O) groups excluding carboxylic acids is 1. The summed E-state index contributed by atoms with van der Waals surface area (Å²) in [5, 5.41) is 3.27. The van der Waals surface area contributed by atoms with Crippen molar-refractivity contribution in [3.63, 3.8) is 0 Å². The van der Waals surface area contributed by atoms with Gasteiger partial charge in [-0.1, -0.05) is 26.7 Å². The zero-order valence-corrected chi connectivity index (χ0v) is 12.1. The minimum atomic E-state index is -0.263. The van der Waals surface area contributed by atoms with Gasteiger partial charge in [-0.3, -0.25) is 9.69 Å². The summed E-state index contributed by atoms with van der Waals surface area (Å²) in [5.41, 5.74) is 5.51. The first-order valence-corrected chi connectivity index (χ1v) is 7.49. The molecule has 0 aromatic heterocycles. The van der Waals surface area contributed by atoms with E-state index in [-0.39, 0.29) is 18.0 Å². The van der Waals surface area contributed by atoms with Crippen LogP contribution in [0.2, 0.25) is 0 Å². The van der Waals surface area contributed by atoms with Gasteiger partial charge in [0.25, 0.3) is 0 Å². The molecular formula is C14H27N3O2. The van der Waals surface area contributed by atoms with Gasteiger partial charge in [-0.25, -0.2) is 0 Å². The average molecular weight is 269 g/mol. The lowest BCUT2D eigenvalue weighted by Crippen LogP contribution is -2.59. The van der Waals surface area contributed by atoms with Crippen LogP contribution in [0.3, 0.4) is 0 Å². The summed E-state index contributed by atoms with van der Waals surface area (Å²) < 4.78 is 5.86. The first-order valence-electron chi connectivity index (χ1n) is 7.49. The van der Waals surface area contributed by atoms with Crippen molar-refractivity contribution in [2.75, 3.05) is 19.7 Å². The van der Waals surface area contributed by atoms with Crippen molar-refractivity contribution in [3.05, 3.63) is 0 Å². The molecule has 5 heteroatoms. The Morgan fingerprint density at radius 2 is 2.16 bits per heavy atom. The monoisotopic (exact) mass is 269 g/mol. The minimum absolute atomic E-state index is 0.257. The number of nitrogens with two attached hydrogens (primary N) is 1. The molecule has 2 fully saturated rings. The van der Waals surface area contributed by atoms with Gasteiger partial charge in [0.05, 0.1) is 18.8 Å². The summed E-state index contributed by atoms with van der Waals surface area (Å²) in [5.74, 6) is -0.257. The van der Waals surface area contributed by atoms with E-state index >= 15 is 0 Å². The Morgan fingerprint density at radius 3 is 2.84 bits per heavy atom. The second kappa shape index (κ2) is 6.68. The van der Waals surface area contributed by atoms with E-state index < -0.39 is 0 Å². The summed E-state index contributed by atoms with van der Waals surface area (Å²) >= 11 is 0. The summed E-state index contributed by atoms with van der Waals surface area (Å²) in [4.78, 5) is 14.0. The standard InChI is InChI=1S/C14H27N3O2/c1-10(2)16-11(14(15)18)9-17-7-8-19-13-6-4-3-5-12(13)17/h10-13,16H,3-9H2,1-2H3,(H2,15,18). The maximum absolute atomic E-state index is 11.6. The molecule has 3 atom stereocenters. The van der Waals surface area contributed by atoms with Crippen LogP contribution in [0.25, 0.3) is 0 Å². The molecule has 0 spiro atoms. The Kier molecular flexibility index (Phi) is 5.19. The van der Waals surface area contributed by atoms with Crippen LogP contribution < -0.4 is 11.1 Å². The predicted octanol–water partition coefficient (Wildman–Crippen LogP) is 0.482. The largest absolute Gasteiger partial charge is 0.375 e. The summed E-state index contributed by atoms with van der Waals surface area (Å²) in [6.07, 6.45) is 5.21. The number of fused-ring (bicyclic) bond motifs is 1. The third kappa shape index (κ3) is 3.91. The smallest absolute Gasteiger partial charge is 0.235 e. The van der Waals surface area contributed by atoms with Gasteiger partial charge in [-0.15, -0.1) is 0 Å². The highest BCUT2D eigenvalue weighted by atomic mass is 16.5. The number of amides is 1. The first-order chi connectivity index (χ1) is 9.08. The summed E-state index contributed by atoms with van der Waals surface area (Å²) in [6, 6.07) is 0.472. The topological polar surface area (TPSA) is 67.6 Å². The van der Waals surface area contributed by atoms with Gasteiger partial charge in [0.2, 0.25) is 5.91 Å². The molecule has 2 rings (SSSR count). The molecule has 110 valence electrons. The van der Waals surface area contributed by atoms with Gasteiger partial charge < -0.3 is 15.8 Å². The van der Waals surface area contributed by atoms with Gasteiger partial charge in [0.15, 0.2) is 0 Å². The van der Waals surface area contributed by atoms with Crippen molar-refractivity contribution in [2.24, 2.45) is 5.73 Å². The lowest BCUT2D eigenvalue weighted by atomic mass is 9.90. The minimum Gasteiger partial charge on any atom is -0.375 e. The van der Waals surface area contributed by atoms with Gasteiger partial charge in [-0.2, -0.15) is 0 Å². The van der Waals surface area contributed by atoms with E-state index in [0.717, 1.165) is 19.6 Å². The van der Waals surface area contributed by atoms with Gasteiger partial charge in [0.1, 0.15) is 0 Å². The third-order valence-electron chi connectivity index (χ3n) is 4.14. The fraction of sp³-hybridized carbons (Fsp3) is 0.929. The number of morpholine rings is 1. The molecule has 1 aliphatic carbocycles. The van der Waals surface area contributed by atoms with E-state index in [9.17, 15) is 4.79 Å². The lowest BCUT2D eigenvalue weighted by Gasteiger charge is -2.44. The number of hydrogen-bond donors (Lipinski definition) is 2. The molecule has 0 bridgehead atoms. The Morgan fingerprint density at radius 1 is 1.42 bits per heavy atom. The van der Waals surface area contributed by atoms with Crippen LogP contribution in [-0.4, -0.2) is 54.7 Å². The normalized spacial score (nSPS) is 30.1. The molecule has 1 aliphatic heterocycles. The molecule has 5 nitrogen and oxygen atoms in total. The summed E-state index contributed by atoms with van der Waals surface area (Å²) in [6.45, 7) is 6.47. The van der Waals surface area contributed by atoms with Crippen molar-refractivity contribution in [1.82, 2.24) is 10.2 Å². The lowest BCUT2D eigenvalue weighted by molar-refractivity contribution is -0.123. The van der Waals surface area contributed by atoms with Gasteiger partial charge in [0, 0.05) is 25.2 Å². The number of ether oxygens (including phenoxy) is 1. The molecule has 2 aliphatic rings. The fourth-order valence-electron chi connectivity index (χ4n) is 3.26. The average Bonchev–Trinajstić information content (AvgIpc) is 2.37. The number of primary amides is 1. The van der Waals surface area contributed by atoms with E-state index in [1.165, 1.54) is 19.3 Å². The number of rotatable bonds is 5. The van der Waals surface area contributed by atoms with Crippen molar-refractivity contribution in [3.8, 4) is 0 Å². The van der Waals surface area contributed by atoms with Crippen LogP contribution in [0.1, 0.15) is 39.5 Å². The summed E-state index contributed by atoms with van der Waals surface area (Å²) in [7, 11) is 0. The molecule has 1 amide bonds. The van der Waals surface area contributed by atoms with Crippen molar-refractivity contribution in [1.29, 1.82) is 0 Å². The molecule has 1 saturated carbocycles. The van der Waals surface area contributed by atoms with E-state index in [1.807, 2.05) is 13.8 Å². The predicted molar refractivity (Wildman–Crippen MR) is 74.8 cm³/mol. The maximum atomic E-state index is 11.6. The zero-order valence-electron chi connectivity index (χ0n) is 12.1. The molecule has 1 saturated heterocycles. The van der Waals surface area contributed by atoms with Crippen LogP contribution in [-0.2, 0) is 9.53 Å². The van der Waals surface area contributed by atoms with Crippen LogP contribution in [0.15, 0.2) is 0 Å². The van der Waals surface area contributed by atoms with Crippen LogP contribution >= 0.6 is 0 Å². The van der Waals surface area contributed by atoms with Crippen LogP contribution in [0.5, 0.6) is 0 Å². The zero-order chi connectivity index (χ0) is 13.8. The quantitative estimate of drug-likeness (QED) is 0.762. The molecule has 0 aromatic rings. The second-order valence-corrected chi connectivity index (χ2v) is 6.03. The Labute approximate surface area is 115 Å². The fourth-order valence-corrected chi connectivity index (χ4v) is 3.26. The Balaban J connectivity index is 1.96.